The van der Waals surface area contributed by atoms with E-state index in [2.05, 4.69) is 10.3 Å². The van der Waals surface area contributed by atoms with Crippen molar-refractivity contribution in [3.63, 3.8) is 0 Å². The number of nitrogens with one attached hydrogen (secondary N) is 1. The Kier molecular flexibility index (Phi) is 5.28. The number of carbonyl (C=O) groups excluding carboxylic acids is 1. The van der Waals surface area contributed by atoms with Crippen molar-refractivity contribution in [1.29, 1.82) is 0 Å². The summed E-state index contributed by atoms with van der Waals surface area (Å²) in [5.41, 5.74) is 0.838. The fourth-order valence-corrected chi connectivity index (χ4v) is 2.28. The highest BCUT2D eigenvalue weighted by atomic mass is 32.2. The van der Waals surface area contributed by atoms with Crippen molar-refractivity contribution >= 4 is 23.4 Å². The van der Waals surface area contributed by atoms with Crippen LogP contribution in [0.3, 0.4) is 0 Å². The second kappa shape index (κ2) is 7.39. The standard InChI is InChI=1S/C14H13N3O3S/c18-14(16-9-11-3-1-2-8-15-11)10-21-13-6-4-12(5-7-13)17(19)20/h1-8H,9-10H2,(H,16,18). The van der Waals surface area contributed by atoms with E-state index < -0.39 is 4.92 Å². The number of hydrogen-bond donors (Lipinski definition) is 1. The largest absolute Gasteiger partial charge is 0.350 e. The Balaban J connectivity index is 1.77. The number of aromatic nitrogens is 1. The van der Waals surface area contributed by atoms with Crippen molar-refractivity contribution in [2.75, 3.05) is 5.75 Å². The number of thioether (sulfide) groups is 1. The van der Waals surface area contributed by atoms with E-state index in [0.29, 0.717) is 6.54 Å². The first-order chi connectivity index (χ1) is 10.1. The van der Waals surface area contributed by atoms with Gasteiger partial charge < -0.3 is 5.32 Å². The minimum Gasteiger partial charge on any atom is -0.350 e. The van der Waals surface area contributed by atoms with Crippen LogP contribution in [0.4, 0.5) is 5.69 Å². The Bertz CT molecular complexity index is 617. The molecule has 1 N–H and O–H groups in total. The Hall–Kier alpha value is -2.41. The summed E-state index contributed by atoms with van der Waals surface area (Å²) >= 11 is 1.33. The lowest BCUT2D eigenvalue weighted by Gasteiger charge is -2.04. The normalized spacial score (nSPS) is 10.1. The zero-order chi connectivity index (χ0) is 15.1. The summed E-state index contributed by atoms with van der Waals surface area (Å²) in [6.45, 7) is 0.389. The highest BCUT2D eigenvalue weighted by Gasteiger charge is 2.06. The van der Waals surface area contributed by atoms with E-state index in [4.69, 9.17) is 0 Å². The number of nitro groups is 1. The van der Waals surface area contributed by atoms with E-state index in [1.54, 1.807) is 18.3 Å². The van der Waals surface area contributed by atoms with Crippen molar-refractivity contribution in [1.82, 2.24) is 10.3 Å². The van der Waals surface area contributed by atoms with E-state index in [1.807, 2.05) is 18.2 Å². The number of pyridine rings is 1. The van der Waals surface area contributed by atoms with E-state index in [9.17, 15) is 14.9 Å². The summed E-state index contributed by atoms with van der Waals surface area (Å²) in [5, 5.41) is 13.3. The van der Waals surface area contributed by atoms with Gasteiger partial charge >= 0.3 is 0 Å². The molecule has 1 aromatic heterocycles. The molecule has 0 atom stereocenters. The quantitative estimate of drug-likeness (QED) is 0.503. The van der Waals surface area contributed by atoms with E-state index >= 15 is 0 Å². The Morgan fingerprint density at radius 2 is 2.00 bits per heavy atom. The fourth-order valence-electron chi connectivity index (χ4n) is 1.56. The van der Waals surface area contributed by atoms with Crippen LogP contribution in [-0.2, 0) is 11.3 Å². The lowest BCUT2D eigenvalue weighted by Crippen LogP contribution is -2.24. The monoisotopic (exact) mass is 303 g/mol. The van der Waals surface area contributed by atoms with Crippen LogP contribution in [0.25, 0.3) is 0 Å². The average Bonchev–Trinajstić information content (AvgIpc) is 2.52. The van der Waals surface area contributed by atoms with Gasteiger partial charge in [0.2, 0.25) is 5.91 Å². The lowest BCUT2D eigenvalue weighted by atomic mass is 10.3. The molecule has 2 aromatic rings. The third-order valence-electron chi connectivity index (χ3n) is 2.61. The highest BCUT2D eigenvalue weighted by Crippen LogP contribution is 2.20. The number of carbonyl (C=O) groups is 1. The van der Waals surface area contributed by atoms with Gasteiger partial charge in [-0.05, 0) is 24.3 Å². The van der Waals surface area contributed by atoms with Crippen LogP contribution >= 0.6 is 11.8 Å². The van der Waals surface area contributed by atoms with Crippen LogP contribution < -0.4 is 5.32 Å². The first kappa shape index (κ1) is 15.0. The molecule has 1 heterocycles. The van der Waals surface area contributed by atoms with Gasteiger partial charge in [-0.1, -0.05) is 6.07 Å². The number of nitro benzene ring substituents is 1. The molecule has 0 aliphatic carbocycles. The molecule has 0 aliphatic heterocycles. The molecule has 0 spiro atoms. The SMILES string of the molecule is O=C(CSc1ccc([N+](=O)[O-])cc1)NCc1ccccn1. The van der Waals surface area contributed by atoms with E-state index in [-0.39, 0.29) is 17.3 Å². The maximum absolute atomic E-state index is 11.7. The Morgan fingerprint density at radius 1 is 1.24 bits per heavy atom. The van der Waals surface area contributed by atoms with Gasteiger partial charge in [0.1, 0.15) is 0 Å². The highest BCUT2D eigenvalue weighted by molar-refractivity contribution is 8.00. The molecule has 0 saturated carbocycles. The number of rotatable bonds is 6. The molecule has 1 aromatic carbocycles. The van der Waals surface area contributed by atoms with Crippen molar-refractivity contribution in [3.8, 4) is 0 Å². The minimum absolute atomic E-state index is 0.0407. The summed E-state index contributed by atoms with van der Waals surface area (Å²) in [6.07, 6.45) is 1.67. The van der Waals surface area contributed by atoms with E-state index in [1.165, 1.54) is 23.9 Å². The molecule has 21 heavy (non-hydrogen) atoms. The zero-order valence-electron chi connectivity index (χ0n) is 11.1. The first-order valence-electron chi connectivity index (χ1n) is 6.19. The summed E-state index contributed by atoms with van der Waals surface area (Å²) in [6, 6.07) is 11.6. The van der Waals surface area contributed by atoms with Crippen molar-refractivity contribution in [2.24, 2.45) is 0 Å². The van der Waals surface area contributed by atoms with Gasteiger partial charge in [-0.2, -0.15) is 0 Å². The average molecular weight is 303 g/mol. The van der Waals surface area contributed by atoms with Crippen LogP contribution in [-0.4, -0.2) is 21.6 Å². The predicted octanol–water partition coefficient (Wildman–Crippen LogP) is 2.40. The molecule has 6 nitrogen and oxygen atoms in total. The number of benzene rings is 1. The molecule has 0 saturated heterocycles. The molecule has 0 radical (unpaired) electrons. The van der Waals surface area contributed by atoms with Crippen LogP contribution in [0, 0.1) is 10.1 Å². The van der Waals surface area contributed by atoms with Crippen molar-refractivity contribution in [3.05, 3.63) is 64.5 Å². The first-order valence-corrected chi connectivity index (χ1v) is 7.17. The summed E-state index contributed by atoms with van der Waals surface area (Å²) in [5.74, 6) is 0.147. The molecule has 108 valence electrons. The van der Waals surface area contributed by atoms with E-state index in [0.717, 1.165) is 10.6 Å². The predicted molar refractivity (Wildman–Crippen MR) is 79.9 cm³/mol. The smallest absolute Gasteiger partial charge is 0.269 e. The van der Waals surface area contributed by atoms with Gasteiger partial charge in [-0.25, -0.2) is 0 Å². The zero-order valence-corrected chi connectivity index (χ0v) is 11.9. The molecular weight excluding hydrogens is 290 g/mol. The van der Waals surface area contributed by atoms with Gasteiger partial charge in [0.25, 0.3) is 5.69 Å². The van der Waals surface area contributed by atoms with Gasteiger partial charge in [0.05, 0.1) is 22.9 Å². The molecule has 0 fully saturated rings. The number of amides is 1. The molecule has 1 amide bonds. The van der Waals surface area contributed by atoms with Crippen LogP contribution in [0.15, 0.2) is 53.6 Å². The topological polar surface area (TPSA) is 85.1 Å². The van der Waals surface area contributed by atoms with Crippen LogP contribution in [0.1, 0.15) is 5.69 Å². The summed E-state index contributed by atoms with van der Waals surface area (Å²) in [4.78, 5) is 26.7. The molecular formula is C14H13N3O3S. The van der Waals surface area contributed by atoms with Crippen molar-refractivity contribution in [2.45, 2.75) is 11.4 Å². The van der Waals surface area contributed by atoms with Gasteiger partial charge in [0, 0.05) is 23.2 Å². The van der Waals surface area contributed by atoms with Crippen LogP contribution in [0.5, 0.6) is 0 Å². The van der Waals surface area contributed by atoms with Crippen molar-refractivity contribution < 1.29 is 9.72 Å². The maximum atomic E-state index is 11.7. The molecule has 0 aliphatic rings. The second-order valence-corrected chi connectivity index (χ2v) is 5.19. The molecule has 2 rings (SSSR count). The van der Waals surface area contributed by atoms with Gasteiger partial charge in [-0.15, -0.1) is 11.8 Å². The molecule has 7 heteroatoms. The fraction of sp³-hybridized carbons (Fsp3) is 0.143. The van der Waals surface area contributed by atoms with Gasteiger partial charge in [0.15, 0.2) is 0 Å². The third kappa shape index (κ3) is 4.88. The maximum Gasteiger partial charge on any atom is 0.269 e. The number of nitrogens with zero attached hydrogens (tertiary/aromatic N) is 2. The Labute approximate surface area is 125 Å². The molecule has 0 unspecified atom stereocenters. The summed E-state index contributed by atoms with van der Waals surface area (Å²) < 4.78 is 0. The summed E-state index contributed by atoms with van der Waals surface area (Å²) in [7, 11) is 0. The van der Waals surface area contributed by atoms with Crippen LogP contribution in [0.2, 0.25) is 0 Å². The van der Waals surface area contributed by atoms with Gasteiger partial charge in [-0.3, -0.25) is 19.9 Å². The Morgan fingerprint density at radius 3 is 2.62 bits per heavy atom. The third-order valence-corrected chi connectivity index (χ3v) is 3.62. The minimum atomic E-state index is -0.450. The number of non-ortho nitro benzene ring substituents is 1. The number of hydrogen-bond acceptors (Lipinski definition) is 5. The lowest BCUT2D eigenvalue weighted by molar-refractivity contribution is -0.384. The molecule has 0 bridgehead atoms. The second-order valence-electron chi connectivity index (χ2n) is 4.14.